The Morgan fingerprint density at radius 3 is 2.71 bits per heavy atom. The lowest BCUT2D eigenvalue weighted by molar-refractivity contribution is -0.115. The van der Waals surface area contributed by atoms with Crippen LogP contribution in [0.4, 0.5) is 22.0 Å². The van der Waals surface area contributed by atoms with Gasteiger partial charge in [-0.05, 0) is 37.4 Å². The number of urea groups is 1. The van der Waals surface area contributed by atoms with Crippen LogP contribution in [-0.2, 0) is 4.79 Å². The lowest BCUT2D eigenvalue weighted by Crippen LogP contribution is -2.44. The minimum Gasteiger partial charge on any atom is -0.369 e. The van der Waals surface area contributed by atoms with Crippen LogP contribution in [-0.4, -0.2) is 64.7 Å². The molecule has 3 aromatic rings. The Bertz CT molecular complexity index is 1190. The van der Waals surface area contributed by atoms with Crippen molar-refractivity contribution in [3.8, 4) is 0 Å². The topological polar surface area (TPSA) is 107 Å². The third kappa shape index (κ3) is 3.92. The third-order valence-electron chi connectivity index (χ3n) is 5.40. The van der Waals surface area contributed by atoms with Gasteiger partial charge in [-0.3, -0.25) is 10.1 Å². The molecule has 2 aromatic heterocycles. The van der Waals surface area contributed by atoms with Gasteiger partial charge in [-0.1, -0.05) is 6.07 Å². The molecular weight excluding hydrogens is 396 g/mol. The first-order chi connectivity index (χ1) is 15.0. The molecule has 0 radical (unpaired) electrons. The van der Waals surface area contributed by atoms with Crippen LogP contribution in [0.1, 0.15) is 5.56 Å². The van der Waals surface area contributed by atoms with E-state index in [2.05, 4.69) is 55.0 Å². The number of likely N-dealkylation sites (N-methyl/N-ethyl adjacent to an activating group) is 1. The molecule has 10 nitrogen and oxygen atoms in total. The van der Waals surface area contributed by atoms with Crippen molar-refractivity contribution in [1.82, 2.24) is 30.1 Å². The molecule has 4 heterocycles. The highest BCUT2D eigenvalue weighted by molar-refractivity contribution is 6.14. The number of rotatable bonds is 4. The molecule has 0 aliphatic carbocycles. The maximum Gasteiger partial charge on any atom is 0.326 e. The summed E-state index contributed by atoms with van der Waals surface area (Å²) < 4.78 is 1.62. The minimum atomic E-state index is -0.539. The van der Waals surface area contributed by atoms with Gasteiger partial charge in [0.25, 0.3) is 5.91 Å². The number of anilines is 3. The van der Waals surface area contributed by atoms with Crippen LogP contribution in [0.2, 0.25) is 0 Å². The van der Waals surface area contributed by atoms with Gasteiger partial charge in [-0.15, -0.1) is 0 Å². The molecule has 0 unspecified atom stereocenters. The van der Waals surface area contributed by atoms with Gasteiger partial charge in [0, 0.05) is 49.3 Å². The van der Waals surface area contributed by atoms with Gasteiger partial charge >= 0.3 is 6.03 Å². The molecule has 2 aliphatic rings. The molecule has 2 saturated heterocycles. The maximum atomic E-state index is 11.8. The molecule has 0 bridgehead atoms. The molecule has 1 aromatic carbocycles. The summed E-state index contributed by atoms with van der Waals surface area (Å²) in [6, 6.07) is 9.57. The van der Waals surface area contributed by atoms with Crippen LogP contribution in [0, 0.1) is 0 Å². The number of carbonyl (C=O) groups is 2. The second-order valence-electron chi connectivity index (χ2n) is 7.61. The molecule has 2 aliphatic heterocycles. The number of nitrogens with zero attached hydrogens (tertiary/aromatic N) is 5. The fraction of sp³-hybridized carbons (Fsp3) is 0.238. The summed E-state index contributed by atoms with van der Waals surface area (Å²) in [7, 11) is 2.14. The van der Waals surface area contributed by atoms with E-state index in [9.17, 15) is 9.59 Å². The number of hydrogen-bond acceptors (Lipinski definition) is 7. The van der Waals surface area contributed by atoms with E-state index < -0.39 is 11.9 Å². The van der Waals surface area contributed by atoms with E-state index in [0.29, 0.717) is 17.0 Å². The molecule has 5 rings (SSSR count). The van der Waals surface area contributed by atoms with E-state index in [1.165, 1.54) is 5.69 Å². The first-order valence-electron chi connectivity index (χ1n) is 10.0. The summed E-state index contributed by atoms with van der Waals surface area (Å²) >= 11 is 0. The van der Waals surface area contributed by atoms with Crippen LogP contribution >= 0.6 is 0 Å². The number of fused-ring (bicyclic) bond motifs is 1. The average molecular weight is 418 g/mol. The van der Waals surface area contributed by atoms with Gasteiger partial charge in [-0.2, -0.15) is 5.10 Å². The van der Waals surface area contributed by atoms with Crippen LogP contribution < -0.4 is 20.9 Å². The van der Waals surface area contributed by atoms with E-state index in [0.717, 1.165) is 31.9 Å². The summed E-state index contributed by atoms with van der Waals surface area (Å²) in [5, 5.41) is 12.3. The van der Waals surface area contributed by atoms with Gasteiger partial charge in [0.1, 0.15) is 11.5 Å². The van der Waals surface area contributed by atoms with E-state index in [1.807, 2.05) is 18.2 Å². The number of aromatic nitrogens is 3. The fourth-order valence-corrected chi connectivity index (χ4v) is 3.69. The van der Waals surface area contributed by atoms with E-state index in [4.69, 9.17) is 0 Å². The summed E-state index contributed by atoms with van der Waals surface area (Å²) in [6.07, 6.45) is 4.96. The SMILES string of the molecule is CN1CCN(c2cccc(Nc3ccn4ncc(/C=C5\NC(=O)NC5=O)c4n3)c2)CC1. The van der Waals surface area contributed by atoms with Crippen molar-refractivity contribution in [2.75, 3.05) is 43.4 Å². The number of amides is 3. The minimum absolute atomic E-state index is 0.167. The molecule has 0 saturated carbocycles. The second kappa shape index (κ2) is 7.73. The Balaban J connectivity index is 1.39. The van der Waals surface area contributed by atoms with Crippen molar-refractivity contribution in [3.63, 3.8) is 0 Å². The normalized spacial score (nSPS) is 18.5. The number of piperazine rings is 1. The van der Waals surface area contributed by atoms with Crippen molar-refractivity contribution >= 4 is 40.9 Å². The Kier molecular flexibility index (Phi) is 4.75. The van der Waals surface area contributed by atoms with Crippen LogP contribution in [0.25, 0.3) is 11.7 Å². The van der Waals surface area contributed by atoms with E-state index in [-0.39, 0.29) is 5.70 Å². The van der Waals surface area contributed by atoms with Crippen molar-refractivity contribution in [3.05, 3.63) is 54.0 Å². The standard InChI is InChI=1S/C21H22N8O2/c1-27-7-9-28(10-8-27)16-4-2-3-15(12-16)23-18-5-6-29-19(25-18)14(13-22-29)11-17-20(30)26-21(31)24-17/h2-6,11-13H,7-10H2,1H3,(H,23,25)(H2,24,26,30,31)/b17-11-. The highest BCUT2D eigenvalue weighted by Gasteiger charge is 2.23. The zero-order chi connectivity index (χ0) is 21.4. The number of imide groups is 1. The molecule has 3 N–H and O–H groups in total. The summed E-state index contributed by atoms with van der Waals surface area (Å²) in [5.41, 5.74) is 3.48. The average Bonchev–Trinajstić information content (AvgIpc) is 3.31. The maximum absolute atomic E-state index is 11.8. The quantitative estimate of drug-likeness (QED) is 0.434. The monoisotopic (exact) mass is 418 g/mol. The molecular formula is C21H22N8O2. The van der Waals surface area contributed by atoms with E-state index >= 15 is 0 Å². The van der Waals surface area contributed by atoms with Gasteiger partial charge < -0.3 is 20.4 Å². The molecule has 158 valence electrons. The number of hydrogen-bond donors (Lipinski definition) is 3. The van der Waals surface area contributed by atoms with Crippen LogP contribution in [0.15, 0.2) is 48.4 Å². The Morgan fingerprint density at radius 2 is 1.94 bits per heavy atom. The largest absolute Gasteiger partial charge is 0.369 e. The van der Waals surface area contributed by atoms with Crippen molar-refractivity contribution < 1.29 is 9.59 Å². The Morgan fingerprint density at radius 1 is 1.10 bits per heavy atom. The highest BCUT2D eigenvalue weighted by Crippen LogP contribution is 2.24. The zero-order valence-corrected chi connectivity index (χ0v) is 17.0. The molecule has 0 atom stereocenters. The number of carbonyl (C=O) groups excluding carboxylic acids is 2. The molecule has 31 heavy (non-hydrogen) atoms. The predicted molar refractivity (Wildman–Crippen MR) is 117 cm³/mol. The number of nitrogens with one attached hydrogen (secondary N) is 3. The van der Waals surface area contributed by atoms with Crippen molar-refractivity contribution in [2.45, 2.75) is 0 Å². The molecule has 3 amide bonds. The Hall–Kier alpha value is -3.92. The summed E-state index contributed by atoms with van der Waals surface area (Å²) in [5.74, 6) is 0.183. The lowest BCUT2D eigenvalue weighted by atomic mass is 10.2. The van der Waals surface area contributed by atoms with Crippen molar-refractivity contribution in [1.29, 1.82) is 0 Å². The molecule has 10 heteroatoms. The first-order valence-corrected chi connectivity index (χ1v) is 10.0. The van der Waals surface area contributed by atoms with Crippen LogP contribution in [0.3, 0.4) is 0 Å². The van der Waals surface area contributed by atoms with Crippen LogP contribution in [0.5, 0.6) is 0 Å². The first kappa shape index (κ1) is 19.1. The predicted octanol–water partition coefficient (Wildman–Crippen LogP) is 1.40. The van der Waals surface area contributed by atoms with Gasteiger partial charge in [0.2, 0.25) is 0 Å². The highest BCUT2D eigenvalue weighted by atomic mass is 16.2. The number of benzene rings is 1. The molecule has 0 spiro atoms. The lowest BCUT2D eigenvalue weighted by Gasteiger charge is -2.34. The smallest absolute Gasteiger partial charge is 0.326 e. The fourth-order valence-electron chi connectivity index (χ4n) is 3.69. The van der Waals surface area contributed by atoms with Gasteiger partial charge in [0.05, 0.1) is 6.20 Å². The van der Waals surface area contributed by atoms with Gasteiger partial charge in [-0.25, -0.2) is 14.3 Å². The Labute approximate surface area is 178 Å². The third-order valence-corrected chi connectivity index (χ3v) is 5.40. The van der Waals surface area contributed by atoms with Gasteiger partial charge in [0.15, 0.2) is 5.65 Å². The summed E-state index contributed by atoms with van der Waals surface area (Å²) in [6.45, 7) is 4.10. The van der Waals surface area contributed by atoms with Crippen molar-refractivity contribution in [2.24, 2.45) is 0 Å². The zero-order valence-electron chi connectivity index (χ0n) is 17.0. The molecule has 2 fully saturated rings. The summed E-state index contributed by atoms with van der Waals surface area (Å²) in [4.78, 5) is 32.5. The van der Waals surface area contributed by atoms with E-state index in [1.54, 1.807) is 23.0 Å². The second-order valence-corrected chi connectivity index (χ2v) is 7.61.